The summed E-state index contributed by atoms with van der Waals surface area (Å²) in [5.41, 5.74) is 0.974. The van der Waals surface area contributed by atoms with Crippen LogP contribution in [-0.4, -0.2) is 28.8 Å². The molecule has 0 aromatic heterocycles. The van der Waals surface area contributed by atoms with Crippen LogP contribution in [0.2, 0.25) is 0 Å². The lowest BCUT2D eigenvalue weighted by atomic mass is 10.1. The van der Waals surface area contributed by atoms with Crippen LogP contribution in [0.3, 0.4) is 0 Å². The van der Waals surface area contributed by atoms with Crippen LogP contribution in [0.4, 0.5) is 0 Å². The Kier molecular flexibility index (Phi) is 4.97. The molecule has 0 aliphatic carbocycles. The number of benzene rings is 1. The van der Waals surface area contributed by atoms with Gasteiger partial charge in [0.05, 0.1) is 5.56 Å². The Balaban J connectivity index is 2.67. The number of aromatic hydroxyl groups is 1. The van der Waals surface area contributed by atoms with Crippen LogP contribution >= 0.6 is 0 Å². The number of rotatable bonds is 5. The normalized spacial score (nSPS) is 12.2. The topological polar surface area (TPSA) is 69.6 Å². The molecule has 94 valence electrons. The van der Waals surface area contributed by atoms with Crippen molar-refractivity contribution in [2.24, 2.45) is 0 Å². The molecule has 0 aliphatic heterocycles. The second-order valence-electron chi connectivity index (χ2n) is 4.21. The third-order valence-electron chi connectivity index (χ3n) is 2.66. The van der Waals surface area contributed by atoms with E-state index < -0.39 is 0 Å². The van der Waals surface area contributed by atoms with E-state index in [-0.39, 0.29) is 24.3 Å². The van der Waals surface area contributed by atoms with Gasteiger partial charge in [-0.25, -0.2) is 0 Å². The zero-order valence-corrected chi connectivity index (χ0v) is 10.2. The minimum absolute atomic E-state index is 0.0189. The minimum atomic E-state index is -0.281. The van der Waals surface area contributed by atoms with Gasteiger partial charge in [0.2, 0.25) is 0 Å². The number of hydrogen-bond acceptors (Lipinski definition) is 3. The number of hydrogen-bond donors (Lipinski definition) is 3. The number of nitrogens with one attached hydrogen (secondary N) is 1. The molecule has 0 bridgehead atoms. The maximum atomic E-state index is 11.9. The van der Waals surface area contributed by atoms with Crippen molar-refractivity contribution in [2.45, 2.75) is 32.7 Å². The lowest BCUT2D eigenvalue weighted by Gasteiger charge is -2.14. The number of amides is 1. The van der Waals surface area contributed by atoms with Crippen LogP contribution in [0.25, 0.3) is 0 Å². The summed E-state index contributed by atoms with van der Waals surface area (Å²) >= 11 is 0. The summed E-state index contributed by atoms with van der Waals surface area (Å²) in [6.45, 7) is 3.75. The standard InChI is InChI=1S/C13H19NO3/c1-9-5-3-7-11(12(9)16)13(17)14-10(2)6-4-8-15/h3,5,7,10,15-16H,4,6,8H2,1-2H3,(H,14,17). The van der Waals surface area contributed by atoms with Crippen LogP contribution in [0, 0.1) is 6.92 Å². The largest absolute Gasteiger partial charge is 0.507 e. The van der Waals surface area contributed by atoms with Gasteiger partial charge in [0.15, 0.2) is 0 Å². The second-order valence-corrected chi connectivity index (χ2v) is 4.21. The van der Waals surface area contributed by atoms with E-state index in [2.05, 4.69) is 5.32 Å². The maximum absolute atomic E-state index is 11.9. The number of aliphatic hydroxyl groups is 1. The molecular formula is C13H19NO3. The van der Waals surface area contributed by atoms with Gasteiger partial charge in [-0.05, 0) is 38.3 Å². The van der Waals surface area contributed by atoms with Crippen molar-refractivity contribution in [3.05, 3.63) is 29.3 Å². The fraction of sp³-hybridized carbons (Fsp3) is 0.462. The Hall–Kier alpha value is -1.55. The van der Waals surface area contributed by atoms with E-state index in [0.29, 0.717) is 17.5 Å². The van der Waals surface area contributed by atoms with Gasteiger partial charge in [-0.15, -0.1) is 0 Å². The molecule has 4 heteroatoms. The number of phenols is 1. The molecule has 0 spiro atoms. The van der Waals surface area contributed by atoms with Gasteiger partial charge >= 0.3 is 0 Å². The Morgan fingerprint density at radius 1 is 1.47 bits per heavy atom. The van der Waals surface area contributed by atoms with Gasteiger partial charge in [0, 0.05) is 12.6 Å². The first kappa shape index (κ1) is 13.5. The number of para-hydroxylation sites is 1. The molecule has 3 N–H and O–H groups in total. The minimum Gasteiger partial charge on any atom is -0.507 e. The van der Waals surface area contributed by atoms with Gasteiger partial charge in [-0.2, -0.15) is 0 Å². The molecule has 1 aromatic rings. The van der Waals surface area contributed by atoms with E-state index in [4.69, 9.17) is 5.11 Å². The predicted molar refractivity (Wildman–Crippen MR) is 66.1 cm³/mol. The smallest absolute Gasteiger partial charge is 0.255 e. The van der Waals surface area contributed by atoms with Crippen molar-refractivity contribution in [1.82, 2.24) is 5.32 Å². The zero-order chi connectivity index (χ0) is 12.8. The Labute approximate surface area is 101 Å². The average molecular weight is 237 g/mol. The van der Waals surface area contributed by atoms with Gasteiger partial charge in [-0.1, -0.05) is 12.1 Å². The summed E-state index contributed by atoms with van der Waals surface area (Å²) in [4.78, 5) is 11.9. The quantitative estimate of drug-likeness (QED) is 0.728. The van der Waals surface area contributed by atoms with E-state index >= 15 is 0 Å². The van der Waals surface area contributed by atoms with E-state index in [9.17, 15) is 9.90 Å². The molecule has 1 atom stereocenters. The summed E-state index contributed by atoms with van der Waals surface area (Å²) in [7, 11) is 0. The van der Waals surface area contributed by atoms with Crippen molar-refractivity contribution in [1.29, 1.82) is 0 Å². The first-order chi connectivity index (χ1) is 8.06. The Morgan fingerprint density at radius 2 is 2.18 bits per heavy atom. The molecule has 4 nitrogen and oxygen atoms in total. The van der Waals surface area contributed by atoms with Gasteiger partial charge in [0.25, 0.3) is 5.91 Å². The molecule has 1 unspecified atom stereocenters. The molecule has 0 saturated heterocycles. The number of aliphatic hydroxyl groups excluding tert-OH is 1. The van der Waals surface area contributed by atoms with E-state index in [1.54, 1.807) is 25.1 Å². The summed E-state index contributed by atoms with van der Waals surface area (Å²) < 4.78 is 0. The maximum Gasteiger partial charge on any atom is 0.255 e. The summed E-state index contributed by atoms with van der Waals surface area (Å²) in [6, 6.07) is 5.06. The molecule has 0 fully saturated rings. The van der Waals surface area contributed by atoms with Crippen LogP contribution in [0.15, 0.2) is 18.2 Å². The second kappa shape index (κ2) is 6.25. The summed E-state index contributed by atoms with van der Waals surface area (Å²) in [5.74, 6) is -0.254. The molecule has 0 saturated carbocycles. The first-order valence-corrected chi connectivity index (χ1v) is 5.76. The zero-order valence-electron chi connectivity index (χ0n) is 10.2. The Bertz CT molecular complexity index is 390. The Morgan fingerprint density at radius 3 is 2.82 bits per heavy atom. The molecule has 1 rings (SSSR count). The molecule has 17 heavy (non-hydrogen) atoms. The number of aryl methyl sites for hydroxylation is 1. The lowest BCUT2D eigenvalue weighted by molar-refractivity contribution is 0.0933. The van der Waals surface area contributed by atoms with Crippen molar-refractivity contribution >= 4 is 5.91 Å². The number of carbonyl (C=O) groups excluding carboxylic acids is 1. The summed E-state index contributed by atoms with van der Waals surface area (Å²) in [6.07, 6.45) is 1.37. The molecular weight excluding hydrogens is 218 g/mol. The average Bonchev–Trinajstić information content (AvgIpc) is 2.29. The number of phenolic OH excluding ortho intramolecular Hbond substituents is 1. The molecule has 0 aliphatic rings. The van der Waals surface area contributed by atoms with E-state index in [1.165, 1.54) is 0 Å². The van der Waals surface area contributed by atoms with E-state index in [1.807, 2.05) is 6.92 Å². The van der Waals surface area contributed by atoms with Crippen molar-refractivity contribution in [3.63, 3.8) is 0 Å². The third kappa shape index (κ3) is 3.75. The highest BCUT2D eigenvalue weighted by atomic mass is 16.3. The SMILES string of the molecule is Cc1cccc(C(=O)NC(C)CCCO)c1O. The molecule has 1 amide bonds. The van der Waals surface area contributed by atoms with Crippen molar-refractivity contribution < 1.29 is 15.0 Å². The monoisotopic (exact) mass is 237 g/mol. The lowest BCUT2D eigenvalue weighted by Crippen LogP contribution is -2.32. The molecule has 0 heterocycles. The van der Waals surface area contributed by atoms with Crippen molar-refractivity contribution in [2.75, 3.05) is 6.61 Å². The predicted octanol–water partition coefficient (Wildman–Crippen LogP) is 1.59. The fourth-order valence-electron chi connectivity index (χ4n) is 1.61. The highest BCUT2D eigenvalue weighted by Crippen LogP contribution is 2.21. The van der Waals surface area contributed by atoms with Crippen LogP contribution in [-0.2, 0) is 0 Å². The van der Waals surface area contributed by atoms with E-state index in [0.717, 1.165) is 6.42 Å². The third-order valence-corrected chi connectivity index (χ3v) is 2.66. The molecule has 1 aromatic carbocycles. The molecule has 0 radical (unpaired) electrons. The van der Waals surface area contributed by atoms with Gasteiger partial charge in [0.1, 0.15) is 5.75 Å². The highest BCUT2D eigenvalue weighted by molar-refractivity contribution is 5.97. The number of carbonyl (C=O) groups is 1. The van der Waals surface area contributed by atoms with Crippen LogP contribution in [0.1, 0.15) is 35.7 Å². The van der Waals surface area contributed by atoms with Gasteiger partial charge < -0.3 is 15.5 Å². The van der Waals surface area contributed by atoms with Crippen molar-refractivity contribution in [3.8, 4) is 5.75 Å². The first-order valence-electron chi connectivity index (χ1n) is 5.76. The summed E-state index contributed by atoms with van der Waals surface area (Å²) in [5, 5.41) is 21.2. The van der Waals surface area contributed by atoms with Crippen LogP contribution in [0.5, 0.6) is 5.75 Å². The van der Waals surface area contributed by atoms with Gasteiger partial charge in [-0.3, -0.25) is 4.79 Å². The highest BCUT2D eigenvalue weighted by Gasteiger charge is 2.14. The van der Waals surface area contributed by atoms with Crippen LogP contribution < -0.4 is 5.32 Å². The fourth-order valence-corrected chi connectivity index (χ4v) is 1.61.